The number of hydrogen-bond acceptors (Lipinski definition) is 5. The molecular formula is C18H17ClN4OS. The van der Waals surface area contributed by atoms with E-state index in [9.17, 15) is 4.79 Å². The minimum atomic E-state index is -0.160. The van der Waals surface area contributed by atoms with Crippen LogP contribution in [0.5, 0.6) is 0 Å². The molecule has 4 rings (SSSR count). The molecule has 128 valence electrons. The Bertz CT molecular complexity index is 969. The lowest BCUT2D eigenvalue weighted by Crippen LogP contribution is -2.15. The number of nitrogens with one attached hydrogen (secondary N) is 1. The molecule has 0 fully saturated rings. The first-order valence-electron chi connectivity index (χ1n) is 8.40. The first-order valence-corrected chi connectivity index (χ1v) is 9.60. The van der Waals surface area contributed by atoms with Gasteiger partial charge in [-0.3, -0.25) is 15.1 Å². The topological polar surface area (TPSA) is 67.8 Å². The highest BCUT2D eigenvalue weighted by molar-refractivity contribution is 7.15. The van der Waals surface area contributed by atoms with E-state index in [0.717, 1.165) is 59.3 Å². The average molecular weight is 373 g/mol. The number of carbonyl (C=O) groups is 1. The summed E-state index contributed by atoms with van der Waals surface area (Å²) in [6, 6.07) is 5.50. The number of hydrogen-bond donors (Lipinski definition) is 1. The Kier molecular flexibility index (Phi) is 4.39. The molecule has 2 aromatic heterocycles. The maximum Gasteiger partial charge on any atom is 0.258 e. The predicted octanol–water partition coefficient (Wildman–Crippen LogP) is 4.43. The summed E-state index contributed by atoms with van der Waals surface area (Å²) in [5, 5.41) is 14.0. The number of fused-ring (bicyclic) bond motifs is 2. The number of rotatable bonds is 4. The van der Waals surface area contributed by atoms with Gasteiger partial charge in [0.25, 0.3) is 5.91 Å². The lowest BCUT2D eigenvalue weighted by atomic mass is 10.0. The minimum absolute atomic E-state index is 0.160. The van der Waals surface area contributed by atoms with Crippen LogP contribution >= 0.6 is 22.9 Å². The average Bonchev–Trinajstić information content (AvgIpc) is 3.22. The number of nitrogens with zero attached hydrogens (tertiary/aromatic N) is 3. The Morgan fingerprint density at radius 3 is 3.04 bits per heavy atom. The van der Waals surface area contributed by atoms with E-state index in [1.54, 1.807) is 0 Å². The highest BCUT2D eigenvalue weighted by atomic mass is 35.5. The summed E-state index contributed by atoms with van der Waals surface area (Å²) in [6.07, 6.45) is 4.67. The molecule has 0 atom stereocenters. The van der Waals surface area contributed by atoms with Gasteiger partial charge in [0.05, 0.1) is 11.1 Å². The zero-order valence-electron chi connectivity index (χ0n) is 13.8. The monoisotopic (exact) mass is 372 g/mol. The second kappa shape index (κ2) is 6.69. The van der Waals surface area contributed by atoms with Crippen molar-refractivity contribution < 1.29 is 4.79 Å². The number of carbonyl (C=O) groups excluding carboxylic acids is 1. The van der Waals surface area contributed by atoms with Crippen molar-refractivity contribution in [3.05, 3.63) is 45.1 Å². The Labute approximate surface area is 154 Å². The Morgan fingerprint density at radius 2 is 2.20 bits per heavy atom. The molecule has 0 saturated heterocycles. The summed E-state index contributed by atoms with van der Waals surface area (Å²) in [5.74, 6) is -0.160. The van der Waals surface area contributed by atoms with Crippen molar-refractivity contribution >= 4 is 44.9 Å². The SMILES string of the molecule is CCCc1nnc(NC(=O)c2c3c(nc4ccc(Cl)cc24)CCC3)s1. The van der Waals surface area contributed by atoms with Gasteiger partial charge in [0.2, 0.25) is 5.13 Å². The molecule has 1 aliphatic carbocycles. The molecule has 3 aromatic rings. The quantitative estimate of drug-likeness (QED) is 0.735. The summed E-state index contributed by atoms with van der Waals surface area (Å²) < 4.78 is 0. The number of halogens is 1. The van der Waals surface area contributed by atoms with Crippen molar-refractivity contribution in [1.29, 1.82) is 0 Å². The van der Waals surface area contributed by atoms with Gasteiger partial charge in [-0.05, 0) is 49.4 Å². The van der Waals surface area contributed by atoms with E-state index in [4.69, 9.17) is 16.6 Å². The van der Waals surface area contributed by atoms with E-state index < -0.39 is 0 Å². The number of pyridine rings is 1. The van der Waals surface area contributed by atoms with Crippen LogP contribution in [0.15, 0.2) is 18.2 Å². The number of anilines is 1. The van der Waals surface area contributed by atoms with Gasteiger partial charge < -0.3 is 0 Å². The lowest BCUT2D eigenvalue weighted by Gasteiger charge is -2.12. The van der Waals surface area contributed by atoms with Gasteiger partial charge in [-0.25, -0.2) is 0 Å². The smallest absolute Gasteiger partial charge is 0.258 e. The fourth-order valence-electron chi connectivity index (χ4n) is 3.27. The lowest BCUT2D eigenvalue weighted by molar-refractivity contribution is 0.102. The number of amides is 1. The highest BCUT2D eigenvalue weighted by Gasteiger charge is 2.24. The van der Waals surface area contributed by atoms with Crippen molar-refractivity contribution in [1.82, 2.24) is 15.2 Å². The van der Waals surface area contributed by atoms with Crippen LogP contribution in [0, 0.1) is 0 Å². The van der Waals surface area contributed by atoms with Crippen LogP contribution in [0.1, 0.15) is 46.4 Å². The van der Waals surface area contributed by atoms with Crippen molar-refractivity contribution in [2.75, 3.05) is 5.32 Å². The second-order valence-electron chi connectivity index (χ2n) is 6.13. The molecule has 25 heavy (non-hydrogen) atoms. The van der Waals surface area contributed by atoms with E-state index in [2.05, 4.69) is 22.4 Å². The van der Waals surface area contributed by atoms with Crippen LogP contribution in [0.25, 0.3) is 10.9 Å². The zero-order valence-corrected chi connectivity index (χ0v) is 15.4. The second-order valence-corrected chi connectivity index (χ2v) is 7.63. The van der Waals surface area contributed by atoms with E-state index in [0.29, 0.717) is 15.7 Å². The zero-order chi connectivity index (χ0) is 17.4. The Balaban J connectivity index is 1.76. The van der Waals surface area contributed by atoms with Crippen LogP contribution in [0.2, 0.25) is 5.02 Å². The predicted molar refractivity (Wildman–Crippen MR) is 101 cm³/mol. The van der Waals surface area contributed by atoms with Crippen LogP contribution in [0.4, 0.5) is 5.13 Å². The van der Waals surface area contributed by atoms with Gasteiger partial charge in [-0.15, -0.1) is 10.2 Å². The van der Waals surface area contributed by atoms with Crippen molar-refractivity contribution in [3.8, 4) is 0 Å². The molecule has 7 heteroatoms. The third kappa shape index (κ3) is 3.12. The Hall–Kier alpha value is -2.05. The molecule has 1 aliphatic rings. The van der Waals surface area contributed by atoms with Crippen molar-refractivity contribution in [2.45, 2.75) is 39.0 Å². The van der Waals surface area contributed by atoms with E-state index in [-0.39, 0.29) is 5.91 Å². The van der Waals surface area contributed by atoms with Gasteiger partial charge in [-0.2, -0.15) is 0 Å². The molecule has 0 radical (unpaired) electrons. The van der Waals surface area contributed by atoms with E-state index in [1.165, 1.54) is 11.3 Å². The van der Waals surface area contributed by atoms with Gasteiger partial charge in [0.15, 0.2) is 0 Å². The normalized spacial score (nSPS) is 13.2. The number of aromatic nitrogens is 3. The van der Waals surface area contributed by atoms with Crippen molar-refractivity contribution in [2.24, 2.45) is 0 Å². The van der Waals surface area contributed by atoms with Gasteiger partial charge in [-0.1, -0.05) is 29.9 Å². The minimum Gasteiger partial charge on any atom is -0.296 e. The standard InChI is InChI=1S/C18H17ClN4OS/c1-2-4-15-22-23-18(25-15)21-17(24)16-11-5-3-6-13(11)20-14-8-7-10(19)9-12(14)16/h7-9H,2-6H2,1H3,(H,21,23,24). The Morgan fingerprint density at radius 1 is 1.32 bits per heavy atom. The molecule has 5 nitrogen and oxygen atoms in total. The molecule has 1 N–H and O–H groups in total. The summed E-state index contributed by atoms with van der Waals surface area (Å²) in [7, 11) is 0. The van der Waals surface area contributed by atoms with Crippen LogP contribution in [0.3, 0.4) is 0 Å². The molecule has 2 heterocycles. The molecule has 0 bridgehead atoms. The van der Waals surface area contributed by atoms with Gasteiger partial charge in [0, 0.05) is 22.5 Å². The summed E-state index contributed by atoms with van der Waals surface area (Å²) in [6.45, 7) is 2.09. The van der Waals surface area contributed by atoms with Crippen LogP contribution in [-0.4, -0.2) is 21.1 Å². The highest BCUT2D eigenvalue weighted by Crippen LogP contribution is 2.32. The van der Waals surface area contributed by atoms with E-state index >= 15 is 0 Å². The summed E-state index contributed by atoms with van der Waals surface area (Å²) in [5.41, 5.74) is 3.53. The van der Waals surface area contributed by atoms with Gasteiger partial charge >= 0.3 is 0 Å². The number of aryl methyl sites for hydroxylation is 2. The first-order chi connectivity index (χ1) is 12.2. The third-order valence-electron chi connectivity index (χ3n) is 4.35. The fraction of sp³-hybridized carbons (Fsp3) is 0.333. The summed E-state index contributed by atoms with van der Waals surface area (Å²) >= 11 is 7.59. The largest absolute Gasteiger partial charge is 0.296 e. The van der Waals surface area contributed by atoms with Crippen LogP contribution in [-0.2, 0) is 19.3 Å². The third-order valence-corrected chi connectivity index (χ3v) is 5.49. The molecule has 0 saturated carbocycles. The van der Waals surface area contributed by atoms with Crippen molar-refractivity contribution in [3.63, 3.8) is 0 Å². The van der Waals surface area contributed by atoms with Crippen LogP contribution < -0.4 is 5.32 Å². The maximum atomic E-state index is 13.0. The van der Waals surface area contributed by atoms with Gasteiger partial charge in [0.1, 0.15) is 5.01 Å². The molecule has 0 spiro atoms. The first kappa shape index (κ1) is 16.4. The maximum absolute atomic E-state index is 13.0. The molecular weight excluding hydrogens is 356 g/mol. The number of benzene rings is 1. The fourth-order valence-corrected chi connectivity index (χ4v) is 4.28. The molecule has 0 unspecified atom stereocenters. The molecule has 1 amide bonds. The summed E-state index contributed by atoms with van der Waals surface area (Å²) in [4.78, 5) is 17.7. The molecule has 1 aromatic carbocycles. The molecule has 0 aliphatic heterocycles. The van der Waals surface area contributed by atoms with E-state index in [1.807, 2.05) is 18.2 Å².